The molecule has 0 N–H and O–H groups in total. The van der Waals surface area contributed by atoms with Gasteiger partial charge in [-0.15, -0.1) is 0 Å². The summed E-state index contributed by atoms with van der Waals surface area (Å²) in [4.78, 5) is 31.2. The Kier molecular flexibility index (Phi) is 11.4. The topological polar surface area (TPSA) is 86.8 Å². The smallest absolute Gasteiger partial charge is 0.410 e. The Labute approximate surface area is 282 Å². The first-order valence-corrected chi connectivity index (χ1v) is 19.5. The number of amides is 2. The second kappa shape index (κ2) is 14.7. The highest BCUT2D eigenvalue weighted by Crippen LogP contribution is 2.37. The fourth-order valence-electron chi connectivity index (χ4n) is 5.29. The number of rotatable bonds is 12. The number of carbonyl (C=O) groups excluding carboxylic acids is 2. The molecule has 1 aliphatic carbocycles. The van der Waals surface area contributed by atoms with Crippen LogP contribution >= 0.6 is 0 Å². The van der Waals surface area contributed by atoms with E-state index in [1.807, 2.05) is 68.1 Å². The zero-order chi connectivity index (χ0) is 34.6. The molecule has 0 radical (unpaired) electrons. The van der Waals surface area contributed by atoms with Gasteiger partial charge < -0.3 is 33.2 Å². The quantitative estimate of drug-likeness (QED) is 0.170. The molecule has 9 nitrogen and oxygen atoms in total. The molecular formula is C37H54N2O7Si. The van der Waals surface area contributed by atoms with E-state index in [1.165, 1.54) is 0 Å². The Bertz CT molecular complexity index is 1440. The van der Waals surface area contributed by atoms with Crippen molar-refractivity contribution in [2.75, 3.05) is 40.5 Å². The monoisotopic (exact) mass is 666 g/mol. The van der Waals surface area contributed by atoms with E-state index >= 15 is 0 Å². The summed E-state index contributed by atoms with van der Waals surface area (Å²) in [5.74, 6) is 1.95. The van der Waals surface area contributed by atoms with Gasteiger partial charge in [0.05, 0.1) is 27.4 Å². The van der Waals surface area contributed by atoms with Crippen LogP contribution in [0, 0.1) is 0 Å². The Balaban J connectivity index is 1.58. The maximum atomic E-state index is 14.5. The van der Waals surface area contributed by atoms with Crippen molar-refractivity contribution in [3.8, 4) is 17.2 Å². The predicted octanol–water partition coefficient (Wildman–Crippen LogP) is 7.69. The van der Waals surface area contributed by atoms with Gasteiger partial charge in [0.25, 0.3) is 5.91 Å². The van der Waals surface area contributed by atoms with Gasteiger partial charge in [-0.05, 0) is 99.1 Å². The van der Waals surface area contributed by atoms with E-state index < -0.39 is 20.0 Å². The SMILES string of the molecule is COc1ccc(CN(C(=O)C2=C(c3ccc(OCCO[Si](C)(C)C(C)(C)C)cc3)CCN(C(=O)OC(C)(C)C)C2)C2CC2)cc1OC. The summed E-state index contributed by atoms with van der Waals surface area (Å²) in [6, 6.07) is 13.8. The van der Waals surface area contributed by atoms with Gasteiger partial charge in [0.1, 0.15) is 18.0 Å². The van der Waals surface area contributed by atoms with Crippen LogP contribution in [-0.4, -0.2) is 82.3 Å². The maximum Gasteiger partial charge on any atom is 0.410 e. The fourth-order valence-corrected chi connectivity index (χ4v) is 6.31. The van der Waals surface area contributed by atoms with Gasteiger partial charge in [0, 0.05) is 24.7 Å². The van der Waals surface area contributed by atoms with E-state index in [0.29, 0.717) is 49.8 Å². The standard InChI is InChI=1S/C37H54N2O7Si/c1-36(2,3)46-35(41)38-20-19-30(27-12-16-29(17-13-27)44-21-22-45-47(9,10)37(4,5)6)31(25-38)34(40)39(28-14-15-28)24-26-11-18-32(42-7)33(23-26)43-8/h11-13,16-18,23,28H,14-15,19-22,24-25H2,1-10H3. The van der Waals surface area contributed by atoms with Crippen LogP contribution in [0.2, 0.25) is 18.1 Å². The average molecular weight is 667 g/mol. The Hall–Kier alpha value is -3.50. The summed E-state index contributed by atoms with van der Waals surface area (Å²) in [5.41, 5.74) is 2.82. The molecule has 1 heterocycles. The van der Waals surface area contributed by atoms with Gasteiger partial charge >= 0.3 is 6.09 Å². The van der Waals surface area contributed by atoms with Gasteiger partial charge in [-0.2, -0.15) is 0 Å². The number of hydrogen-bond acceptors (Lipinski definition) is 7. The minimum absolute atomic E-state index is 0.0614. The first kappa shape index (κ1) is 36.3. The zero-order valence-corrected chi connectivity index (χ0v) is 31.0. The molecule has 0 spiro atoms. The third-order valence-electron chi connectivity index (χ3n) is 9.13. The highest BCUT2D eigenvalue weighted by molar-refractivity contribution is 6.74. The summed E-state index contributed by atoms with van der Waals surface area (Å²) >= 11 is 0. The first-order chi connectivity index (χ1) is 22.0. The summed E-state index contributed by atoms with van der Waals surface area (Å²) in [6.45, 7) is 18.8. The maximum absolute atomic E-state index is 14.5. The lowest BCUT2D eigenvalue weighted by atomic mass is 9.92. The molecule has 1 saturated carbocycles. The second-order valence-corrected chi connectivity index (χ2v) is 19.8. The number of hydrogen-bond donors (Lipinski definition) is 0. The second-order valence-electron chi connectivity index (χ2n) is 14.9. The molecule has 0 aromatic heterocycles. The van der Waals surface area contributed by atoms with Crippen LogP contribution in [0.15, 0.2) is 48.0 Å². The van der Waals surface area contributed by atoms with Crippen LogP contribution in [-0.2, 0) is 20.5 Å². The molecule has 258 valence electrons. The molecule has 10 heteroatoms. The Morgan fingerprint density at radius 1 is 0.915 bits per heavy atom. The van der Waals surface area contributed by atoms with Gasteiger partial charge in [0.15, 0.2) is 19.8 Å². The molecule has 4 rings (SSSR count). The minimum Gasteiger partial charge on any atom is -0.493 e. The molecule has 0 unspecified atom stereocenters. The molecular weight excluding hydrogens is 613 g/mol. The summed E-state index contributed by atoms with van der Waals surface area (Å²) < 4.78 is 28.9. The normalized spacial score (nSPS) is 15.7. The van der Waals surface area contributed by atoms with Crippen LogP contribution in [0.5, 0.6) is 17.2 Å². The van der Waals surface area contributed by atoms with E-state index in [9.17, 15) is 9.59 Å². The van der Waals surface area contributed by atoms with Crippen molar-refractivity contribution >= 4 is 25.9 Å². The molecule has 0 saturated heterocycles. The average Bonchev–Trinajstić information content (AvgIpc) is 3.86. The lowest BCUT2D eigenvalue weighted by Crippen LogP contribution is -2.44. The van der Waals surface area contributed by atoms with E-state index in [1.54, 1.807) is 19.1 Å². The van der Waals surface area contributed by atoms with Crippen LogP contribution in [0.4, 0.5) is 4.79 Å². The minimum atomic E-state index is -1.84. The molecule has 1 fully saturated rings. The molecule has 0 atom stereocenters. The fraction of sp³-hybridized carbons (Fsp3) is 0.568. The van der Waals surface area contributed by atoms with Crippen molar-refractivity contribution < 1.29 is 33.0 Å². The molecule has 2 amide bonds. The van der Waals surface area contributed by atoms with E-state index in [4.69, 9.17) is 23.4 Å². The van der Waals surface area contributed by atoms with Crippen LogP contribution in [0.3, 0.4) is 0 Å². The van der Waals surface area contributed by atoms with Crippen molar-refractivity contribution in [2.24, 2.45) is 0 Å². The number of carbonyl (C=O) groups is 2. The summed E-state index contributed by atoms with van der Waals surface area (Å²) in [6.07, 6.45) is 2.02. The third kappa shape index (κ3) is 9.53. The zero-order valence-electron chi connectivity index (χ0n) is 30.0. The lowest BCUT2D eigenvalue weighted by molar-refractivity contribution is -0.128. The van der Waals surface area contributed by atoms with Crippen molar-refractivity contribution in [2.45, 2.75) is 97.1 Å². The van der Waals surface area contributed by atoms with Gasteiger partial charge in [-0.3, -0.25) is 4.79 Å². The highest BCUT2D eigenvalue weighted by Gasteiger charge is 2.38. The van der Waals surface area contributed by atoms with Gasteiger partial charge in [0.2, 0.25) is 0 Å². The van der Waals surface area contributed by atoms with E-state index in [0.717, 1.165) is 35.3 Å². The Morgan fingerprint density at radius 2 is 1.57 bits per heavy atom. The van der Waals surface area contributed by atoms with E-state index in [2.05, 4.69) is 33.9 Å². The lowest BCUT2D eigenvalue weighted by Gasteiger charge is -2.36. The molecule has 2 aliphatic rings. The third-order valence-corrected chi connectivity index (χ3v) is 13.7. The van der Waals surface area contributed by atoms with Crippen LogP contribution < -0.4 is 14.2 Å². The van der Waals surface area contributed by atoms with Gasteiger partial charge in [-0.25, -0.2) is 4.79 Å². The number of methoxy groups -OCH3 is 2. The predicted molar refractivity (Wildman–Crippen MR) is 188 cm³/mol. The largest absolute Gasteiger partial charge is 0.493 e. The van der Waals surface area contributed by atoms with E-state index in [-0.39, 0.29) is 23.5 Å². The highest BCUT2D eigenvalue weighted by atomic mass is 28.4. The molecule has 2 aromatic carbocycles. The Morgan fingerprint density at radius 3 is 2.15 bits per heavy atom. The number of nitrogens with zero attached hydrogens (tertiary/aromatic N) is 2. The van der Waals surface area contributed by atoms with Crippen molar-refractivity contribution in [3.05, 3.63) is 59.2 Å². The molecule has 0 bridgehead atoms. The number of ether oxygens (including phenoxy) is 4. The molecule has 2 aromatic rings. The molecule has 1 aliphatic heterocycles. The van der Waals surface area contributed by atoms with Crippen LogP contribution in [0.25, 0.3) is 5.57 Å². The van der Waals surface area contributed by atoms with Crippen LogP contribution in [0.1, 0.15) is 71.9 Å². The van der Waals surface area contributed by atoms with Crippen molar-refractivity contribution in [1.29, 1.82) is 0 Å². The molecule has 47 heavy (non-hydrogen) atoms. The van der Waals surface area contributed by atoms with Gasteiger partial charge in [-0.1, -0.05) is 39.0 Å². The van der Waals surface area contributed by atoms with Crippen molar-refractivity contribution in [1.82, 2.24) is 9.80 Å². The summed E-state index contributed by atoms with van der Waals surface area (Å²) in [7, 11) is 1.37. The number of benzene rings is 2. The van der Waals surface area contributed by atoms with Crippen molar-refractivity contribution in [3.63, 3.8) is 0 Å². The first-order valence-electron chi connectivity index (χ1n) is 16.6. The summed E-state index contributed by atoms with van der Waals surface area (Å²) in [5, 5.41) is 0.146.